The third-order valence-corrected chi connectivity index (χ3v) is 4.60. The van der Waals surface area contributed by atoms with Crippen molar-refractivity contribution in [1.82, 2.24) is 10.3 Å². The fourth-order valence-electron chi connectivity index (χ4n) is 2.83. The molecule has 160 valence electrons. The Morgan fingerprint density at radius 1 is 1.03 bits per heavy atom. The van der Waals surface area contributed by atoms with E-state index in [1.807, 2.05) is 26.0 Å². The van der Waals surface area contributed by atoms with E-state index in [9.17, 15) is 14.4 Å². The number of anilines is 2. The molecule has 30 heavy (non-hydrogen) atoms. The van der Waals surface area contributed by atoms with Gasteiger partial charge in [0.2, 0.25) is 17.7 Å². The largest absolute Gasteiger partial charge is 0.383 e. The number of benzene rings is 1. The van der Waals surface area contributed by atoms with Gasteiger partial charge in [-0.1, -0.05) is 18.2 Å². The lowest BCUT2D eigenvalue weighted by atomic mass is 10.1. The Morgan fingerprint density at radius 2 is 1.83 bits per heavy atom. The number of nitrogens with one attached hydrogen (secondary N) is 2. The van der Waals surface area contributed by atoms with E-state index >= 15 is 0 Å². The zero-order valence-electron chi connectivity index (χ0n) is 17.6. The minimum absolute atomic E-state index is 0.0118. The molecule has 0 saturated carbocycles. The first-order chi connectivity index (χ1) is 14.4. The van der Waals surface area contributed by atoms with Crippen LogP contribution in [-0.2, 0) is 19.1 Å². The van der Waals surface area contributed by atoms with Gasteiger partial charge in [0.15, 0.2) is 0 Å². The fourth-order valence-corrected chi connectivity index (χ4v) is 2.83. The highest BCUT2D eigenvalue weighted by Gasteiger charge is 2.22. The SMILES string of the molecule is COCCNC(=O)CN(C(=O)CCC(=O)Nc1ccccn1)c1cccc(C)c1C. The summed E-state index contributed by atoms with van der Waals surface area (Å²) in [4.78, 5) is 42.9. The average Bonchev–Trinajstić information content (AvgIpc) is 2.73. The number of pyridine rings is 1. The second-order valence-electron chi connectivity index (χ2n) is 6.80. The molecule has 8 nitrogen and oxygen atoms in total. The van der Waals surface area contributed by atoms with Gasteiger partial charge in [0, 0.05) is 38.4 Å². The van der Waals surface area contributed by atoms with Crippen LogP contribution in [0.2, 0.25) is 0 Å². The zero-order valence-corrected chi connectivity index (χ0v) is 17.6. The maximum Gasteiger partial charge on any atom is 0.240 e. The summed E-state index contributed by atoms with van der Waals surface area (Å²) in [6.07, 6.45) is 1.53. The van der Waals surface area contributed by atoms with Crippen LogP contribution in [0.15, 0.2) is 42.6 Å². The lowest BCUT2D eigenvalue weighted by molar-refractivity contribution is -0.125. The number of methoxy groups -OCH3 is 1. The van der Waals surface area contributed by atoms with Crippen molar-refractivity contribution >= 4 is 29.2 Å². The summed E-state index contributed by atoms with van der Waals surface area (Å²) in [6, 6.07) is 10.8. The summed E-state index contributed by atoms with van der Waals surface area (Å²) >= 11 is 0. The summed E-state index contributed by atoms with van der Waals surface area (Å²) in [7, 11) is 1.55. The molecule has 0 bridgehead atoms. The van der Waals surface area contributed by atoms with Gasteiger partial charge in [-0.25, -0.2) is 4.98 Å². The average molecular weight is 412 g/mol. The molecular formula is C22H28N4O4. The smallest absolute Gasteiger partial charge is 0.240 e. The Balaban J connectivity index is 2.06. The van der Waals surface area contributed by atoms with Crippen LogP contribution in [0.4, 0.5) is 11.5 Å². The number of hydrogen-bond acceptors (Lipinski definition) is 5. The normalized spacial score (nSPS) is 10.4. The Kier molecular flexibility index (Phi) is 8.96. The number of rotatable bonds is 10. The molecule has 0 fully saturated rings. The molecule has 0 aliphatic carbocycles. The molecule has 0 atom stereocenters. The number of aryl methyl sites for hydroxylation is 1. The van der Waals surface area contributed by atoms with E-state index in [1.165, 1.54) is 4.90 Å². The monoisotopic (exact) mass is 412 g/mol. The fraction of sp³-hybridized carbons (Fsp3) is 0.364. The predicted molar refractivity (Wildman–Crippen MR) is 115 cm³/mol. The highest BCUT2D eigenvalue weighted by Crippen LogP contribution is 2.23. The van der Waals surface area contributed by atoms with Gasteiger partial charge in [-0.15, -0.1) is 0 Å². The van der Waals surface area contributed by atoms with Crippen molar-refractivity contribution in [1.29, 1.82) is 0 Å². The van der Waals surface area contributed by atoms with Crippen molar-refractivity contribution in [3.05, 3.63) is 53.7 Å². The molecule has 0 aliphatic heterocycles. The quantitative estimate of drug-likeness (QED) is 0.583. The van der Waals surface area contributed by atoms with Crippen LogP contribution in [0, 0.1) is 13.8 Å². The van der Waals surface area contributed by atoms with E-state index in [-0.39, 0.29) is 37.1 Å². The summed E-state index contributed by atoms with van der Waals surface area (Å²) in [5.41, 5.74) is 2.58. The highest BCUT2D eigenvalue weighted by molar-refractivity contribution is 6.01. The molecule has 2 aromatic rings. The molecule has 2 rings (SSSR count). The molecule has 0 saturated heterocycles. The van der Waals surface area contributed by atoms with E-state index in [1.54, 1.807) is 37.6 Å². The Bertz CT molecular complexity index is 871. The van der Waals surface area contributed by atoms with Gasteiger partial charge < -0.3 is 20.3 Å². The predicted octanol–water partition coefficient (Wildman–Crippen LogP) is 2.21. The van der Waals surface area contributed by atoms with Crippen LogP contribution < -0.4 is 15.5 Å². The molecular weight excluding hydrogens is 384 g/mol. The van der Waals surface area contributed by atoms with Gasteiger partial charge in [0.25, 0.3) is 0 Å². The van der Waals surface area contributed by atoms with Crippen LogP contribution in [0.1, 0.15) is 24.0 Å². The van der Waals surface area contributed by atoms with Crippen molar-refractivity contribution in [2.45, 2.75) is 26.7 Å². The first kappa shape index (κ1) is 23.0. The molecule has 0 unspecified atom stereocenters. The number of carbonyl (C=O) groups excluding carboxylic acids is 3. The Morgan fingerprint density at radius 3 is 2.53 bits per heavy atom. The maximum absolute atomic E-state index is 13.0. The topological polar surface area (TPSA) is 101 Å². The molecule has 1 heterocycles. The van der Waals surface area contributed by atoms with Gasteiger partial charge in [-0.2, -0.15) is 0 Å². The molecule has 0 spiro atoms. The first-order valence-corrected chi connectivity index (χ1v) is 9.75. The molecule has 0 radical (unpaired) electrons. The molecule has 0 aliphatic rings. The minimum Gasteiger partial charge on any atom is -0.383 e. The highest BCUT2D eigenvalue weighted by atomic mass is 16.5. The Labute approximate surface area is 176 Å². The third kappa shape index (κ3) is 6.97. The lowest BCUT2D eigenvalue weighted by Crippen LogP contribution is -2.42. The zero-order chi connectivity index (χ0) is 21.9. The summed E-state index contributed by atoms with van der Waals surface area (Å²) in [6.45, 7) is 4.46. The Hall–Kier alpha value is -3.26. The maximum atomic E-state index is 13.0. The molecule has 3 amide bonds. The van der Waals surface area contributed by atoms with Crippen LogP contribution in [0.5, 0.6) is 0 Å². The van der Waals surface area contributed by atoms with Gasteiger partial charge in [-0.05, 0) is 43.2 Å². The summed E-state index contributed by atoms with van der Waals surface area (Å²) in [5, 5.41) is 5.38. The van der Waals surface area contributed by atoms with Gasteiger partial charge >= 0.3 is 0 Å². The van der Waals surface area contributed by atoms with Crippen LogP contribution in [0.25, 0.3) is 0 Å². The van der Waals surface area contributed by atoms with Crippen LogP contribution in [-0.4, -0.2) is 49.5 Å². The van der Waals surface area contributed by atoms with E-state index in [2.05, 4.69) is 15.6 Å². The number of amides is 3. The summed E-state index contributed by atoms with van der Waals surface area (Å²) < 4.78 is 4.93. The first-order valence-electron chi connectivity index (χ1n) is 9.75. The van der Waals surface area contributed by atoms with Gasteiger partial charge in [0.1, 0.15) is 12.4 Å². The van der Waals surface area contributed by atoms with E-state index in [0.717, 1.165) is 11.1 Å². The third-order valence-electron chi connectivity index (χ3n) is 4.60. The van der Waals surface area contributed by atoms with Gasteiger partial charge in [-0.3, -0.25) is 14.4 Å². The van der Waals surface area contributed by atoms with E-state index in [0.29, 0.717) is 24.7 Å². The lowest BCUT2D eigenvalue weighted by Gasteiger charge is -2.25. The van der Waals surface area contributed by atoms with Gasteiger partial charge in [0.05, 0.1) is 6.61 Å². The molecule has 1 aromatic carbocycles. The number of nitrogens with zero attached hydrogens (tertiary/aromatic N) is 2. The van der Waals surface area contributed by atoms with Crippen molar-refractivity contribution in [2.24, 2.45) is 0 Å². The van der Waals surface area contributed by atoms with Crippen molar-refractivity contribution in [3.8, 4) is 0 Å². The van der Waals surface area contributed by atoms with E-state index < -0.39 is 0 Å². The van der Waals surface area contributed by atoms with E-state index in [4.69, 9.17) is 4.74 Å². The van der Waals surface area contributed by atoms with Crippen LogP contribution >= 0.6 is 0 Å². The number of hydrogen-bond donors (Lipinski definition) is 2. The molecule has 8 heteroatoms. The molecule has 2 N–H and O–H groups in total. The second kappa shape index (κ2) is 11.7. The summed E-state index contributed by atoms with van der Waals surface area (Å²) in [5.74, 6) is -0.479. The van der Waals surface area contributed by atoms with Crippen molar-refractivity contribution in [3.63, 3.8) is 0 Å². The number of carbonyl (C=O) groups is 3. The van der Waals surface area contributed by atoms with Crippen molar-refractivity contribution in [2.75, 3.05) is 37.0 Å². The number of aromatic nitrogens is 1. The molecule has 1 aromatic heterocycles. The number of ether oxygens (including phenoxy) is 1. The minimum atomic E-state index is -0.312. The second-order valence-corrected chi connectivity index (χ2v) is 6.80. The van der Waals surface area contributed by atoms with Crippen LogP contribution in [0.3, 0.4) is 0 Å². The standard InChI is InChI=1S/C22H28N4O4/c1-16-7-6-8-18(17(16)2)26(15-21(28)24-13-14-30-3)22(29)11-10-20(27)25-19-9-4-5-12-23-19/h4-9,12H,10-11,13-15H2,1-3H3,(H,24,28)(H,23,25,27). The van der Waals surface area contributed by atoms with Crippen molar-refractivity contribution < 1.29 is 19.1 Å².